The molecule has 5 rings (SSSR count). The zero-order valence-electron chi connectivity index (χ0n) is 21.8. The average molecular weight is 569 g/mol. The minimum atomic E-state index is -1.46. The number of carboxylic acid groups (broad SMARTS) is 1. The lowest BCUT2D eigenvalue weighted by molar-refractivity contribution is 0.0692. The molecule has 204 valence electrons. The molecule has 8 nitrogen and oxygen atoms in total. The Morgan fingerprint density at radius 3 is 2.37 bits per heavy atom. The maximum absolute atomic E-state index is 13.9. The van der Waals surface area contributed by atoms with Gasteiger partial charge in [0.1, 0.15) is 11.5 Å². The van der Waals surface area contributed by atoms with E-state index in [9.17, 15) is 29.8 Å². The Morgan fingerprint density at radius 1 is 1.00 bits per heavy atom. The lowest BCUT2D eigenvalue weighted by Gasteiger charge is -2.10. The largest absolute Gasteiger partial charge is 0.505 e. The first kappa shape index (κ1) is 27.4. The number of benzene rings is 4. The topological polar surface area (TPSA) is 142 Å². The third-order valence-electron chi connectivity index (χ3n) is 6.73. The molecule has 5 aromatic rings. The number of nitrogens with one attached hydrogen (secondary N) is 1. The van der Waals surface area contributed by atoms with Crippen molar-refractivity contribution in [1.82, 2.24) is 4.98 Å². The second-order valence-electron chi connectivity index (χ2n) is 9.64. The van der Waals surface area contributed by atoms with Gasteiger partial charge in [0, 0.05) is 21.5 Å². The van der Waals surface area contributed by atoms with Crippen LogP contribution in [-0.4, -0.2) is 26.3 Å². The number of hydrogen-bond donors (Lipinski definition) is 4. The average Bonchev–Trinajstić information content (AvgIpc) is 3.27. The number of nitrogens with zero attached hydrogens (tertiary/aromatic N) is 3. The summed E-state index contributed by atoms with van der Waals surface area (Å²) in [4.78, 5) is 14.3. The maximum Gasteiger partial charge on any atom is 0.338 e. The van der Waals surface area contributed by atoms with E-state index in [4.69, 9.17) is 11.6 Å². The summed E-state index contributed by atoms with van der Waals surface area (Å²) in [5, 5.41) is 49.7. The van der Waals surface area contributed by atoms with Crippen LogP contribution in [0.15, 0.2) is 77.0 Å². The van der Waals surface area contributed by atoms with Crippen molar-refractivity contribution in [3.63, 3.8) is 0 Å². The molecule has 0 bridgehead atoms. The maximum atomic E-state index is 13.9. The first-order valence-corrected chi connectivity index (χ1v) is 12.8. The van der Waals surface area contributed by atoms with Crippen LogP contribution >= 0.6 is 11.6 Å². The van der Waals surface area contributed by atoms with Gasteiger partial charge >= 0.3 is 5.97 Å². The number of H-pyrrole nitrogens is 1. The number of azo groups is 1. The number of aromatic nitrogens is 1. The van der Waals surface area contributed by atoms with Gasteiger partial charge in [-0.3, -0.25) is 0 Å². The highest BCUT2D eigenvalue weighted by molar-refractivity contribution is 6.31. The molecular weight excluding hydrogens is 547 g/mol. The molecular formula is C31H22ClFN4O4. The van der Waals surface area contributed by atoms with Gasteiger partial charge in [-0.15, -0.1) is 10.2 Å². The Balaban J connectivity index is 1.60. The molecule has 0 amide bonds. The highest BCUT2D eigenvalue weighted by Gasteiger charge is 2.20. The number of hydrogen-bond acceptors (Lipinski definition) is 6. The van der Waals surface area contributed by atoms with Gasteiger partial charge in [-0.05, 0) is 59.0 Å². The van der Waals surface area contributed by atoms with Crippen LogP contribution in [0.25, 0.3) is 33.2 Å². The number of aromatic amines is 1. The molecule has 0 spiro atoms. The van der Waals surface area contributed by atoms with Crippen molar-refractivity contribution < 1.29 is 24.5 Å². The molecule has 0 saturated carbocycles. The minimum absolute atomic E-state index is 0.0689. The first-order valence-electron chi connectivity index (χ1n) is 12.4. The molecule has 0 atom stereocenters. The molecule has 10 heteroatoms. The smallest absolute Gasteiger partial charge is 0.338 e. The first-order chi connectivity index (χ1) is 19.6. The van der Waals surface area contributed by atoms with Crippen molar-refractivity contribution in [2.24, 2.45) is 10.2 Å². The van der Waals surface area contributed by atoms with Gasteiger partial charge in [0.15, 0.2) is 11.4 Å². The highest BCUT2D eigenvalue weighted by atomic mass is 35.5. The number of rotatable bonds is 6. The number of carbonyl (C=O) groups is 1. The van der Waals surface area contributed by atoms with Gasteiger partial charge in [0.05, 0.1) is 22.7 Å². The number of aromatic hydroxyl groups is 2. The molecule has 0 unspecified atom stereocenters. The minimum Gasteiger partial charge on any atom is -0.505 e. The Morgan fingerprint density at radius 2 is 1.71 bits per heavy atom. The Labute approximate surface area is 238 Å². The van der Waals surface area contributed by atoms with E-state index in [1.54, 1.807) is 12.1 Å². The second-order valence-corrected chi connectivity index (χ2v) is 10.1. The van der Waals surface area contributed by atoms with E-state index in [-0.39, 0.29) is 39.2 Å². The molecule has 4 N–H and O–H groups in total. The summed E-state index contributed by atoms with van der Waals surface area (Å²) in [6.07, 6.45) is 0. The third-order valence-corrected chi connectivity index (χ3v) is 6.95. The number of phenols is 1. The summed E-state index contributed by atoms with van der Waals surface area (Å²) >= 11 is 6.26. The van der Waals surface area contributed by atoms with E-state index in [1.165, 1.54) is 18.2 Å². The number of phenolic OH excluding ortho intramolecular Hbond substituents is 1. The summed E-state index contributed by atoms with van der Waals surface area (Å²) in [6, 6.07) is 19.4. The summed E-state index contributed by atoms with van der Waals surface area (Å²) in [7, 11) is 0. The molecule has 1 aromatic heterocycles. The Bertz CT molecular complexity index is 1910. The van der Waals surface area contributed by atoms with Crippen LogP contribution in [0.4, 0.5) is 15.8 Å². The summed E-state index contributed by atoms with van der Waals surface area (Å²) in [6.45, 7) is 4.18. The number of aromatic carboxylic acids is 1. The predicted molar refractivity (Wildman–Crippen MR) is 154 cm³/mol. The number of nitriles is 1. The third kappa shape index (κ3) is 5.09. The van der Waals surface area contributed by atoms with E-state index in [2.05, 4.69) is 35.1 Å². The zero-order valence-corrected chi connectivity index (χ0v) is 22.5. The molecule has 0 aliphatic rings. The lowest BCUT2D eigenvalue weighted by Crippen LogP contribution is -2.00. The SMILES string of the molecule is CC(C)c1ccc(-c2c(C#N)ccc3c(N=Nc4cc(Cl)cc(-c5ccc(F)c(C(=O)O)c5)c4O)c(O)[nH]c23)cc1. The van der Waals surface area contributed by atoms with Crippen molar-refractivity contribution >= 4 is 39.8 Å². The van der Waals surface area contributed by atoms with Crippen LogP contribution in [0, 0.1) is 17.1 Å². The van der Waals surface area contributed by atoms with Crippen LogP contribution in [0.3, 0.4) is 0 Å². The monoisotopic (exact) mass is 568 g/mol. The highest BCUT2D eigenvalue weighted by Crippen LogP contribution is 2.44. The fourth-order valence-corrected chi connectivity index (χ4v) is 4.82. The standard InChI is InChI=1S/C31H22ClFN4O4/c1-15(2)16-3-5-17(6-4-16)26-19(14-34)7-9-21-27(26)35-30(39)28(21)37-36-25-13-20(32)12-22(29(25)38)18-8-10-24(33)23(11-18)31(40)41/h3-13,15,35,38-39H,1-2H3,(H,40,41). The van der Waals surface area contributed by atoms with Crippen molar-refractivity contribution in [1.29, 1.82) is 5.26 Å². The zero-order chi connectivity index (χ0) is 29.4. The van der Waals surface area contributed by atoms with Crippen LogP contribution in [0.2, 0.25) is 5.02 Å². The van der Waals surface area contributed by atoms with Crippen LogP contribution in [0.5, 0.6) is 11.6 Å². The molecule has 4 aromatic carbocycles. The molecule has 41 heavy (non-hydrogen) atoms. The quantitative estimate of drug-likeness (QED) is 0.151. The second kappa shape index (κ2) is 10.8. The van der Waals surface area contributed by atoms with E-state index >= 15 is 0 Å². The normalized spacial score (nSPS) is 11.4. The molecule has 0 radical (unpaired) electrons. The van der Waals surface area contributed by atoms with E-state index in [0.29, 0.717) is 27.9 Å². The van der Waals surface area contributed by atoms with Crippen molar-refractivity contribution in [2.45, 2.75) is 19.8 Å². The van der Waals surface area contributed by atoms with E-state index in [0.717, 1.165) is 23.3 Å². The van der Waals surface area contributed by atoms with E-state index in [1.807, 2.05) is 24.3 Å². The fraction of sp³-hybridized carbons (Fsp3) is 0.0968. The lowest BCUT2D eigenvalue weighted by atomic mass is 9.94. The summed E-state index contributed by atoms with van der Waals surface area (Å²) in [5.74, 6) is -2.73. The van der Waals surface area contributed by atoms with Crippen molar-refractivity contribution in [3.05, 3.63) is 94.3 Å². The Kier molecular flexibility index (Phi) is 7.18. The van der Waals surface area contributed by atoms with Crippen molar-refractivity contribution in [2.75, 3.05) is 0 Å². The van der Waals surface area contributed by atoms with Gasteiger partial charge in [0.2, 0.25) is 5.88 Å². The van der Waals surface area contributed by atoms with Crippen LogP contribution in [0.1, 0.15) is 41.3 Å². The predicted octanol–water partition coefficient (Wildman–Crippen LogP) is 8.81. The van der Waals surface area contributed by atoms with Crippen molar-refractivity contribution in [3.8, 4) is 40.0 Å². The van der Waals surface area contributed by atoms with Crippen LogP contribution < -0.4 is 0 Å². The Hall–Kier alpha value is -5.20. The summed E-state index contributed by atoms with van der Waals surface area (Å²) < 4.78 is 13.9. The van der Waals surface area contributed by atoms with E-state index < -0.39 is 17.3 Å². The molecule has 0 fully saturated rings. The molecule has 0 aliphatic carbocycles. The molecule has 0 saturated heterocycles. The van der Waals surface area contributed by atoms with Gasteiger partial charge in [-0.1, -0.05) is 55.8 Å². The van der Waals surface area contributed by atoms with Gasteiger partial charge < -0.3 is 20.3 Å². The summed E-state index contributed by atoms with van der Waals surface area (Å²) in [5.41, 5.74) is 3.14. The van der Waals surface area contributed by atoms with Gasteiger partial charge in [-0.25, -0.2) is 9.18 Å². The van der Waals surface area contributed by atoms with Crippen LogP contribution in [-0.2, 0) is 0 Å². The molecule has 0 aliphatic heterocycles. The van der Waals surface area contributed by atoms with Gasteiger partial charge in [0.25, 0.3) is 0 Å². The van der Waals surface area contributed by atoms with Gasteiger partial charge in [-0.2, -0.15) is 5.26 Å². The molecule has 1 heterocycles. The number of halogens is 2. The number of carboxylic acids is 1. The number of fused-ring (bicyclic) bond motifs is 1. The fourth-order valence-electron chi connectivity index (χ4n) is 4.61.